The van der Waals surface area contributed by atoms with Gasteiger partial charge in [0.15, 0.2) is 0 Å². The standard InChI is InChI=1S/C22H25N5OS/c1-15-6-9-23-21(12-15)26-20-5-3-4-18(25-20)19-14-24-22(29-19)13-17-7-10-27(11-8-17)16(2)28/h3-6,9,12,14,17H,7-8,10-11,13H2,1-2H3,(H,23,25,26). The van der Waals surface area contributed by atoms with Crippen LogP contribution in [0.25, 0.3) is 10.6 Å². The monoisotopic (exact) mass is 407 g/mol. The minimum atomic E-state index is 0.181. The van der Waals surface area contributed by atoms with Crippen LogP contribution in [0.5, 0.6) is 0 Å². The zero-order chi connectivity index (χ0) is 20.2. The number of hydrogen-bond donors (Lipinski definition) is 1. The molecule has 0 aliphatic carbocycles. The third-order valence-electron chi connectivity index (χ3n) is 5.25. The summed E-state index contributed by atoms with van der Waals surface area (Å²) in [4.78, 5) is 28.2. The molecule has 4 heterocycles. The van der Waals surface area contributed by atoms with E-state index >= 15 is 0 Å². The lowest BCUT2D eigenvalue weighted by Crippen LogP contribution is -2.37. The summed E-state index contributed by atoms with van der Waals surface area (Å²) >= 11 is 1.71. The van der Waals surface area contributed by atoms with E-state index in [1.165, 1.54) is 0 Å². The number of likely N-dealkylation sites (tertiary alicyclic amines) is 1. The third-order valence-corrected chi connectivity index (χ3v) is 6.29. The van der Waals surface area contributed by atoms with Crippen LogP contribution in [0.15, 0.2) is 42.7 Å². The van der Waals surface area contributed by atoms with E-state index in [1.807, 2.05) is 48.4 Å². The van der Waals surface area contributed by atoms with Gasteiger partial charge in [0.05, 0.1) is 15.6 Å². The molecular formula is C22H25N5OS. The fourth-order valence-electron chi connectivity index (χ4n) is 3.60. The second-order valence-corrected chi connectivity index (χ2v) is 8.64. The molecule has 1 aliphatic rings. The van der Waals surface area contributed by atoms with Crippen LogP contribution in [0.3, 0.4) is 0 Å². The van der Waals surface area contributed by atoms with Crippen LogP contribution in [0.1, 0.15) is 30.3 Å². The van der Waals surface area contributed by atoms with Crippen LogP contribution >= 0.6 is 11.3 Å². The SMILES string of the molecule is CC(=O)N1CCC(Cc2ncc(-c3cccc(Nc4cc(C)ccn4)n3)s2)CC1. The summed E-state index contributed by atoms with van der Waals surface area (Å²) in [5, 5.41) is 4.41. The summed E-state index contributed by atoms with van der Waals surface area (Å²) in [5.74, 6) is 2.34. The van der Waals surface area contributed by atoms with Crippen molar-refractivity contribution in [2.75, 3.05) is 18.4 Å². The number of anilines is 2. The maximum absolute atomic E-state index is 11.5. The van der Waals surface area contributed by atoms with E-state index in [4.69, 9.17) is 4.98 Å². The summed E-state index contributed by atoms with van der Waals surface area (Å²) in [6, 6.07) is 9.92. The predicted molar refractivity (Wildman–Crippen MR) is 116 cm³/mol. The van der Waals surface area contributed by atoms with Gasteiger partial charge in [-0.05, 0) is 55.5 Å². The molecule has 0 bridgehead atoms. The number of thiazole rings is 1. The molecule has 1 amide bonds. The Morgan fingerprint density at radius 1 is 1.21 bits per heavy atom. The second-order valence-electron chi connectivity index (χ2n) is 7.52. The number of carbonyl (C=O) groups is 1. The lowest BCUT2D eigenvalue weighted by atomic mass is 9.94. The maximum Gasteiger partial charge on any atom is 0.219 e. The number of pyridine rings is 2. The molecule has 1 aliphatic heterocycles. The first-order valence-corrected chi connectivity index (χ1v) is 10.8. The Bertz CT molecular complexity index is 994. The molecular weight excluding hydrogens is 382 g/mol. The van der Waals surface area contributed by atoms with Crippen LogP contribution in [0.4, 0.5) is 11.6 Å². The van der Waals surface area contributed by atoms with Crippen molar-refractivity contribution >= 4 is 28.9 Å². The predicted octanol–water partition coefficient (Wildman–Crippen LogP) is 4.45. The second kappa shape index (κ2) is 8.69. The number of aromatic nitrogens is 3. The van der Waals surface area contributed by atoms with Crippen molar-refractivity contribution in [2.45, 2.75) is 33.1 Å². The number of hydrogen-bond acceptors (Lipinski definition) is 6. The van der Waals surface area contributed by atoms with E-state index in [0.29, 0.717) is 5.92 Å². The highest BCUT2D eigenvalue weighted by Gasteiger charge is 2.22. The summed E-state index contributed by atoms with van der Waals surface area (Å²) in [7, 11) is 0. The average Bonchev–Trinajstić information content (AvgIpc) is 3.17. The van der Waals surface area contributed by atoms with Gasteiger partial charge in [-0.3, -0.25) is 4.79 Å². The minimum Gasteiger partial charge on any atom is -0.343 e. The van der Waals surface area contributed by atoms with E-state index in [-0.39, 0.29) is 5.91 Å². The molecule has 3 aromatic rings. The summed E-state index contributed by atoms with van der Waals surface area (Å²) in [6.07, 6.45) is 6.78. The molecule has 0 atom stereocenters. The maximum atomic E-state index is 11.5. The summed E-state index contributed by atoms with van der Waals surface area (Å²) in [5.41, 5.74) is 2.07. The number of aryl methyl sites for hydroxylation is 1. The quantitative estimate of drug-likeness (QED) is 0.676. The summed E-state index contributed by atoms with van der Waals surface area (Å²) in [6.45, 7) is 5.42. The van der Waals surface area contributed by atoms with Crippen LogP contribution in [0.2, 0.25) is 0 Å². The summed E-state index contributed by atoms with van der Waals surface area (Å²) < 4.78 is 0. The van der Waals surface area contributed by atoms with Gasteiger partial charge < -0.3 is 10.2 Å². The van der Waals surface area contributed by atoms with Crippen molar-refractivity contribution in [3.8, 4) is 10.6 Å². The molecule has 1 fully saturated rings. The van der Waals surface area contributed by atoms with Gasteiger partial charge in [-0.1, -0.05) is 6.07 Å². The number of nitrogens with zero attached hydrogens (tertiary/aromatic N) is 4. The Kier molecular flexibility index (Phi) is 5.85. The number of rotatable bonds is 5. The first-order chi connectivity index (χ1) is 14.1. The lowest BCUT2D eigenvalue weighted by Gasteiger charge is -2.30. The van der Waals surface area contributed by atoms with Crippen LogP contribution in [0, 0.1) is 12.8 Å². The van der Waals surface area contributed by atoms with E-state index in [0.717, 1.165) is 65.1 Å². The van der Waals surface area contributed by atoms with Gasteiger partial charge >= 0.3 is 0 Å². The normalized spacial score (nSPS) is 14.8. The highest BCUT2D eigenvalue weighted by atomic mass is 32.1. The Hall–Kier alpha value is -2.80. The molecule has 1 saturated heterocycles. The van der Waals surface area contributed by atoms with E-state index in [1.54, 1.807) is 24.5 Å². The molecule has 7 heteroatoms. The van der Waals surface area contributed by atoms with E-state index < -0.39 is 0 Å². The van der Waals surface area contributed by atoms with Gasteiger partial charge in [0.2, 0.25) is 5.91 Å². The van der Waals surface area contributed by atoms with E-state index in [2.05, 4.69) is 15.3 Å². The van der Waals surface area contributed by atoms with Gasteiger partial charge in [-0.15, -0.1) is 11.3 Å². The fraction of sp³-hybridized carbons (Fsp3) is 0.364. The first kappa shape index (κ1) is 19.5. The van der Waals surface area contributed by atoms with Gasteiger partial charge in [0.25, 0.3) is 0 Å². The van der Waals surface area contributed by atoms with Crippen LogP contribution in [-0.4, -0.2) is 38.8 Å². The third kappa shape index (κ3) is 4.98. The van der Waals surface area contributed by atoms with Gasteiger partial charge in [-0.2, -0.15) is 0 Å². The number of carbonyl (C=O) groups excluding carboxylic acids is 1. The largest absolute Gasteiger partial charge is 0.343 e. The molecule has 6 nitrogen and oxygen atoms in total. The van der Waals surface area contributed by atoms with Crippen molar-refractivity contribution in [3.05, 3.63) is 53.3 Å². The lowest BCUT2D eigenvalue weighted by molar-refractivity contribution is -0.130. The first-order valence-electron chi connectivity index (χ1n) is 9.94. The minimum absolute atomic E-state index is 0.181. The molecule has 0 unspecified atom stereocenters. The molecule has 150 valence electrons. The molecule has 29 heavy (non-hydrogen) atoms. The highest BCUT2D eigenvalue weighted by Crippen LogP contribution is 2.29. The van der Waals surface area contributed by atoms with Gasteiger partial charge in [0, 0.05) is 38.8 Å². The van der Waals surface area contributed by atoms with Crippen LogP contribution < -0.4 is 5.32 Å². The Morgan fingerprint density at radius 3 is 2.79 bits per heavy atom. The molecule has 1 N–H and O–H groups in total. The molecule has 0 aromatic carbocycles. The molecule has 4 rings (SSSR count). The van der Waals surface area contributed by atoms with Crippen molar-refractivity contribution in [1.82, 2.24) is 19.9 Å². The number of nitrogens with one attached hydrogen (secondary N) is 1. The molecule has 3 aromatic heterocycles. The zero-order valence-electron chi connectivity index (χ0n) is 16.8. The smallest absolute Gasteiger partial charge is 0.219 e. The Labute approximate surface area is 175 Å². The van der Waals surface area contributed by atoms with Crippen molar-refractivity contribution in [2.24, 2.45) is 5.92 Å². The average molecular weight is 408 g/mol. The van der Waals surface area contributed by atoms with Crippen molar-refractivity contribution in [1.29, 1.82) is 0 Å². The highest BCUT2D eigenvalue weighted by molar-refractivity contribution is 7.15. The number of amides is 1. The zero-order valence-corrected chi connectivity index (χ0v) is 17.6. The fourth-order valence-corrected chi connectivity index (χ4v) is 4.60. The van der Waals surface area contributed by atoms with Gasteiger partial charge in [-0.25, -0.2) is 15.0 Å². The number of piperidine rings is 1. The molecule has 0 radical (unpaired) electrons. The van der Waals surface area contributed by atoms with E-state index in [9.17, 15) is 4.79 Å². The van der Waals surface area contributed by atoms with Crippen LogP contribution in [-0.2, 0) is 11.2 Å². The Balaban J connectivity index is 1.41. The van der Waals surface area contributed by atoms with Crippen molar-refractivity contribution < 1.29 is 4.79 Å². The van der Waals surface area contributed by atoms with Crippen molar-refractivity contribution in [3.63, 3.8) is 0 Å². The Morgan fingerprint density at radius 2 is 2.03 bits per heavy atom. The van der Waals surface area contributed by atoms with Gasteiger partial charge in [0.1, 0.15) is 11.6 Å². The molecule has 0 saturated carbocycles. The molecule has 0 spiro atoms. The topological polar surface area (TPSA) is 71.0 Å².